The van der Waals surface area contributed by atoms with E-state index in [9.17, 15) is 4.79 Å². The van der Waals surface area contributed by atoms with Crippen molar-refractivity contribution in [2.24, 2.45) is 0 Å². The summed E-state index contributed by atoms with van der Waals surface area (Å²) < 4.78 is 1.59. The van der Waals surface area contributed by atoms with Crippen LogP contribution in [0.4, 0.5) is 11.5 Å². The molecular formula is C13H17N5O. The summed E-state index contributed by atoms with van der Waals surface area (Å²) in [6.07, 6.45) is 1.65. The lowest BCUT2D eigenvalue weighted by Gasteiger charge is -2.07. The fourth-order valence-electron chi connectivity index (χ4n) is 1.84. The third kappa shape index (κ3) is 2.57. The van der Waals surface area contributed by atoms with Crippen molar-refractivity contribution in [3.63, 3.8) is 0 Å². The number of pyridine rings is 1. The molecule has 0 atom stereocenters. The number of nitrogens with one attached hydrogen (secondary N) is 1. The van der Waals surface area contributed by atoms with Crippen LogP contribution < -0.4 is 11.1 Å². The molecule has 2 aromatic heterocycles. The van der Waals surface area contributed by atoms with Crippen LogP contribution in [0.1, 0.15) is 28.7 Å². The van der Waals surface area contributed by atoms with E-state index in [2.05, 4.69) is 15.4 Å². The van der Waals surface area contributed by atoms with Crippen LogP contribution in [0.3, 0.4) is 0 Å². The first-order chi connectivity index (χ1) is 9.02. The molecule has 0 aromatic carbocycles. The SMILES string of the molecule is CCn1nc(C)c(N)c1C(=O)Nc1cc(C)ccn1. The molecule has 2 heterocycles. The van der Waals surface area contributed by atoms with Gasteiger partial charge in [-0.05, 0) is 38.5 Å². The van der Waals surface area contributed by atoms with Crippen LogP contribution >= 0.6 is 0 Å². The van der Waals surface area contributed by atoms with Crippen molar-refractivity contribution in [3.05, 3.63) is 35.3 Å². The second kappa shape index (κ2) is 5.09. The van der Waals surface area contributed by atoms with Crippen LogP contribution in [-0.4, -0.2) is 20.7 Å². The van der Waals surface area contributed by atoms with Crippen molar-refractivity contribution in [2.75, 3.05) is 11.1 Å². The fraction of sp³-hybridized carbons (Fsp3) is 0.308. The number of hydrogen-bond donors (Lipinski definition) is 2. The predicted octanol–water partition coefficient (Wildman–Crippen LogP) is 1.75. The Labute approximate surface area is 111 Å². The third-order valence-corrected chi connectivity index (χ3v) is 2.85. The summed E-state index contributed by atoms with van der Waals surface area (Å²) >= 11 is 0. The highest BCUT2D eigenvalue weighted by Gasteiger charge is 2.19. The highest BCUT2D eigenvalue weighted by molar-refractivity contribution is 6.06. The van der Waals surface area contributed by atoms with Crippen molar-refractivity contribution in [1.82, 2.24) is 14.8 Å². The average Bonchev–Trinajstić information content (AvgIpc) is 2.65. The summed E-state index contributed by atoms with van der Waals surface area (Å²) in [7, 11) is 0. The van der Waals surface area contributed by atoms with Gasteiger partial charge in [0, 0.05) is 12.7 Å². The fourth-order valence-corrected chi connectivity index (χ4v) is 1.84. The minimum Gasteiger partial charge on any atom is -0.395 e. The molecule has 6 nitrogen and oxygen atoms in total. The molecule has 2 rings (SSSR count). The Hall–Kier alpha value is -2.37. The number of amides is 1. The second-order valence-corrected chi connectivity index (χ2v) is 4.34. The van der Waals surface area contributed by atoms with Gasteiger partial charge in [-0.1, -0.05) is 0 Å². The van der Waals surface area contributed by atoms with Gasteiger partial charge in [-0.15, -0.1) is 0 Å². The molecule has 0 aliphatic rings. The molecule has 3 N–H and O–H groups in total. The van der Waals surface area contributed by atoms with Crippen LogP contribution in [0, 0.1) is 13.8 Å². The predicted molar refractivity (Wildman–Crippen MR) is 74.0 cm³/mol. The van der Waals surface area contributed by atoms with E-state index in [4.69, 9.17) is 5.73 Å². The average molecular weight is 259 g/mol. The molecule has 0 fully saturated rings. The lowest BCUT2D eigenvalue weighted by Crippen LogP contribution is -2.19. The minimum atomic E-state index is -0.293. The van der Waals surface area contributed by atoms with Crippen LogP contribution in [0.15, 0.2) is 18.3 Å². The zero-order chi connectivity index (χ0) is 14.0. The number of aromatic nitrogens is 3. The standard InChI is InChI=1S/C13H17N5O/c1-4-18-12(11(14)9(3)17-18)13(19)16-10-7-8(2)5-6-15-10/h5-7H,4,14H2,1-3H3,(H,15,16,19). The number of aryl methyl sites for hydroxylation is 3. The van der Waals surface area contributed by atoms with Gasteiger partial charge >= 0.3 is 0 Å². The maximum atomic E-state index is 12.2. The van der Waals surface area contributed by atoms with Gasteiger partial charge in [-0.2, -0.15) is 5.10 Å². The topological polar surface area (TPSA) is 85.8 Å². The highest BCUT2D eigenvalue weighted by atomic mass is 16.2. The molecule has 0 spiro atoms. The number of nitrogens with zero attached hydrogens (tertiary/aromatic N) is 3. The molecule has 6 heteroatoms. The number of carbonyl (C=O) groups is 1. The first-order valence-electron chi connectivity index (χ1n) is 6.09. The van der Waals surface area contributed by atoms with Crippen molar-refractivity contribution in [1.29, 1.82) is 0 Å². The summed E-state index contributed by atoms with van der Waals surface area (Å²) in [5.41, 5.74) is 8.37. The molecule has 0 saturated carbocycles. The number of carbonyl (C=O) groups excluding carboxylic acids is 1. The molecule has 1 amide bonds. The summed E-state index contributed by atoms with van der Waals surface area (Å²) in [6, 6.07) is 3.66. The van der Waals surface area contributed by atoms with E-state index in [0.29, 0.717) is 29.4 Å². The van der Waals surface area contributed by atoms with Crippen molar-refractivity contribution in [2.45, 2.75) is 27.3 Å². The molecule has 19 heavy (non-hydrogen) atoms. The quantitative estimate of drug-likeness (QED) is 0.879. The van der Waals surface area contributed by atoms with E-state index in [1.54, 1.807) is 23.9 Å². The van der Waals surface area contributed by atoms with Gasteiger partial charge in [0.1, 0.15) is 11.5 Å². The molecule has 100 valence electrons. The van der Waals surface area contributed by atoms with E-state index >= 15 is 0 Å². The summed E-state index contributed by atoms with van der Waals surface area (Å²) in [5.74, 6) is 0.212. The van der Waals surface area contributed by atoms with Crippen LogP contribution in [0.5, 0.6) is 0 Å². The van der Waals surface area contributed by atoms with Crippen LogP contribution in [-0.2, 0) is 6.54 Å². The maximum Gasteiger partial charge on any atom is 0.277 e. The van der Waals surface area contributed by atoms with Gasteiger partial charge in [0.2, 0.25) is 0 Å². The summed E-state index contributed by atoms with van der Waals surface area (Å²) in [6.45, 7) is 6.21. The molecule has 0 aliphatic carbocycles. The first kappa shape index (κ1) is 13.1. The normalized spacial score (nSPS) is 10.5. The number of nitrogen functional groups attached to an aromatic ring is 1. The van der Waals surface area contributed by atoms with E-state index in [1.165, 1.54) is 0 Å². The van der Waals surface area contributed by atoms with E-state index < -0.39 is 0 Å². The van der Waals surface area contributed by atoms with Crippen molar-refractivity contribution < 1.29 is 4.79 Å². The summed E-state index contributed by atoms with van der Waals surface area (Å²) in [5, 5.41) is 6.96. The lowest BCUT2D eigenvalue weighted by molar-refractivity contribution is 0.101. The Morgan fingerprint density at radius 1 is 1.47 bits per heavy atom. The largest absolute Gasteiger partial charge is 0.395 e. The molecule has 0 bridgehead atoms. The Morgan fingerprint density at radius 2 is 2.21 bits per heavy atom. The van der Waals surface area contributed by atoms with E-state index in [1.807, 2.05) is 19.9 Å². The lowest BCUT2D eigenvalue weighted by atomic mass is 10.2. The zero-order valence-electron chi connectivity index (χ0n) is 11.3. The summed E-state index contributed by atoms with van der Waals surface area (Å²) in [4.78, 5) is 16.3. The van der Waals surface area contributed by atoms with Gasteiger partial charge in [-0.25, -0.2) is 4.98 Å². The van der Waals surface area contributed by atoms with Gasteiger partial charge in [0.05, 0.1) is 11.4 Å². The van der Waals surface area contributed by atoms with E-state index in [-0.39, 0.29) is 5.91 Å². The van der Waals surface area contributed by atoms with Crippen LogP contribution in [0.2, 0.25) is 0 Å². The van der Waals surface area contributed by atoms with Crippen molar-refractivity contribution in [3.8, 4) is 0 Å². The maximum absolute atomic E-state index is 12.2. The molecule has 2 aromatic rings. The molecule has 0 unspecified atom stereocenters. The van der Waals surface area contributed by atoms with Crippen molar-refractivity contribution >= 4 is 17.4 Å². The molecule has 0 radical (unpaired) electrons. The first-order valence-corrected chi connectivity index (χ1v) is 6.09. The smallest absolute Gasteiger partial charge is 0.277 e. The minimum absolute atomic E-state index is 0.293. The number of hydrogen-bond acceptors (Lipinski definition) is 4. The number of rotatable bonds is 3. The van der Waals surface area contributed by atoms with E-state index in [0.717, 1.165) is 5.56 Å². The molecule has 0 saturated heterocycles. The Balaban J connectivity index is 2.30. The Kier molecular flexibility index (Phi) is 3.50. The number of anilines is 2. The Bertz CT molecular complexity index is 617. The highest BCUT2D eigenvalue weighted by Crippen LogP contribution is 2.18. The molecule has 0 aliphatic heterocycles. The van der Waals surface area contributed by atoms with Gasteiger partial charge in [0.15, 0.2) is 0 Å². The Morgan fingerprint density at radius 3 is 2.84 bits per heavy atom. The zero-order valence-corrected chi connectivity index (χ0v) is 11.3. The van der Waals surface area contributed by atoms with Crippen LogP contribution in [0.25, 0.3) is 0 Å². The van der Waals surface area contributed by atoms with Gasteiger partial charge in [-0.3, -0.25) is 9.48 Å². The second-order valence-electron chi connectivity index (χ2n) is 4.34. The van der Waals surface area contributed by atoms with Gasteiger partial charge in [0.25, 0.3) is 5.91 Å². The number of nitrogens with two attached hydrogens (primary N) is 1. The van der Waals surface area contributed by atoms with Gasteiger partial charge < -0.3 is 11.1 Å². The monoisotopic (exact) mass is 259 g/mol. The third-order valence-electron chi connectivity index (χ3n) is 2.85. The molecular weight excluding hydrogens is 242 g/mol.